The van der Waals surface area contributed by atoms with Crippen LogP contribution in [0.3, 0.4) is 0 Å². The van der Waals surface area contributed by atoms with Gasteiger partial charge in [0.15, 0.2) is 0 Å². The molecule has 2 heterocycles. The van der Waals surface area contributed by atoms with Gasteiger partial charge in [0.2, 0.25) is 0 Å². The first-order chi connectivity index (χ1) is 7.56. The van der Waals surface area contributed by atoms with Crippen LogP contribution >= 0.6 is 11.6 Å². The number of nitrogens with one attached hydrogen (secondary N) is 1. The van der Waals surface area contributed by atoms with Crippen molar-refractivity contribution in [1.29, 1.82) is 0 Å². The summed E-state index contributed by atoms with van der Waals surface area (Å²) in [7, 11) is 0. The minimum Gasteiger partial charge on any atom is -0.367 e. The number of fused-ring (bicyclic) bond motifs is 1. The van der Waals surface area contributed by atoms with E-state index in [1.54, 1.807) is 10.6 Å². The molecule has 1 unspecified atom stereocenters. The summed E-state index contributed by atoms with van der Waals surface area (Å²) in [6.45, 7) is 4.46. The fourth-order valence-electron chi connectivity index (χ4n) is 1.78. The van der Waals surface area contributed by atoms with Gasteiger partial charge in [-0.1, -0.05) is 25.4 Å². The molecule has 0 amide bonds. The Hall–Kier alpha value is -1.36. The van der Waals surface area contributed by atoms with Gasteiger partial charge >= 0.3 is 0 Å². The Kier molecular flexibility index (Phi) is 1.89. The van der Waals surface area contributed by atoms with Gasteiger partial charge in [-0.15, -0.1) is 0 Å². The average Bonchev–Trinajstić information content (AvgIpc) is 2.63. The van der Waals surface area contributed by atoms with Gasteiger partial charge in [-0.2, -0.15) is 19.6 Å². The lowest BCUT2D eigenvalue weighted by Gasteiger charge is -2.09. The molecular weight excluding hydrogens is 226 g/mol. The SMILES string of the molecule is CC1(C)CC1Nc1cc(Cl)nc2ncnn12. The molecule has 0 radical (unpaired) electrons. The van der Waals surface area contributed by atoms with Crippen molar-refractivity contribution >= 4 is 23.2 Å². The van der Waals surface area contributed by atoms with Crippen molar-refractivity contribution < 1.29 is 0 Å². The molecule has 84 valence electrons. The molecule has 2 aromatic rings. The minimum atomic E-state index is 0.350. The van der Waals surface area contributed by atoms with Crippen LogP contribution in [0.1, 0.15) is 20.3 Å². The molecule has 16 heavy (non-hydrogen) atoms. The van der Waals surface area contributed by atoms with Crippen LogP contribution in [-0.4, -0.2) is 25.6 Å². The molecule has 0 aromatic carbocycles. The molecule has 6 heteroatoms. The van der Waals surface area contributed by atoms with Crippen LogP contribution < -0.4 is 5.32 Å². The van der Waals surface area contributed by atoms with Gasteiger partial charge in [-0.25, -0.2) is 0 Å². The molecule has 1 saturated carbocycles. The van der Waals surface area contributed by atoms with Crippen LogP contribution in [0.5, 0.6) is 0 Å². The van der Waals surface area contributed by atoms with E-state index in [2.05, 4.69) is 34.2 Å². The second-order valence-corrected chi connectivity index (χ2v) is 5.21. The van der Waals surface area contributed by atoms with E-state index in [1.807, 2.05) is 0 Å². The van der Waals surface area contributed by atoms with Crippen molar-refractivity contribution in [2.75, 3.05) is 5.32 Å². The van der Waals surface area contributed by atoms with Gasteiger partial charge < -0.3 is 5.32 Å². The van der Waals surface area contributed by atoms with Crippen molar-refractivity contribution in [2.24, 2.45) is 5.41 Å². The Morgan fingerprint density at radius 1 is 1.56 bits per heavy atom. The summed E-state index contributed by atoms with van der Waals surface area (Å²) in [5.41, 5.74) is 0.350. The van der Waals surface area contributed by atoms with E-state index < -0.39 is 0 Å². The van der Waals surface area contributed by atoms with Gasteiger partial charge in [0.1, 0.15) is 17.3 Å². The van der Waals surface area contributed by atoms with Crippen LogP contribution in [-0.2, 0) is 0 Å². The summed E-state index contributed by atoms with van der Waals surface area (Å²) in [5.74, 6) is 1.37. The third-order valence-electron chi connectivity index (χ3n) is 3.06. The van der Waals surface area contributed by atoms with Gasteiger partial charge in [-0.3, -0.25) is 0 Å². The maximum absolute atomic E-state index is 5.92. The molecule has 0 aliphatic heterocycles. The smallest absolute Gasteiger partial charge is 0.255 e. The van der Waals surface area contributed by atoms with Crippen molar-refractivity contribution in [2.45, 2.75) is 26.3 Å². The molecule has 2 aromatic heterocycles. The van der Waals surface area contributed by atoms with Crippen LogP contribution in [0.25, 0.3) is 5.78 Å². The zero-order chi connectivity index (χ0) is 11.3. The lowest BCUT2D eigenvalue weighted by molar-refractivity contribution is 0.628. The van der Waals surface area contributed by atoms with E-state index in [4.69, 9.17) is 11.6 Å². The number of aromatic nitrogens is 4. The van der Waals surface area contributed by atoms with Crippen LogP contribution in [0, 0.1) is 5.41 Å². The van der Waals surface area contributed by atoms with E-state index in [-0.39, 0.29) is 0 Å². The summed E-state index contributed by atoms with van der Waals surface area (Å²) < 4.78 is 1.67. The number of hydrogen-bond acceptors (Lipinski definition) is 4. The topological polar surface area (TPSA) is 55.1 Å². The number of rotatable bonds is 2. The quantitative estimate of drug-likeness (QED) is 0.812. The van der Waals surface area contributed by atoms with E-state index in [9.17, 15) is 0 Å². The van der Waals surface area contributed by atoms with Gasteiger partial charge in [0.05, 0.1) is 0 Å². The zero-order valence-corrected chi connectivity index (χ0v) is 9.86. The van der Waals surface area contributed by atoms with Gasteiger partial charge in [-0.05, 0) is 11.8 Å². The molecular formula is C10H12ClN5. The average molecular weight is 238 g/mol. The first-order valence-corrected chi connectivity index (χ1v) is 5.57. The summed E-state index contributed by atoms with van der Waals surface area (Å²) in [5, 5.41) is 7.95. The maximum Gasteiger partial charge on any atom is 0.255 e. The fraction of sp³-hybridized carbons (Fsp3) is 0.500. The van der Waals surface area contributed by atoms with Crippen LogP contribution in [0.4, 0.5) is 5.82 Å². The highest BCUT2D eigenvalue weighted by Crippen LogP contribution is 2.46. The van der Waals surface area contributed by atoms with Crippen molar-refractivity contribution in [1.82, 2.24) is 19.6 Å². The zero-order valence-electron chi connectivity index (χ0n) is 9.11. The number of halogens is 1. The van der Waals surface area contributed by atoms with Crippen molar-refractivity contribution in [3.8, 4) is 0 Å². The Balaban J connectivity index is 1.99. The molecule has 0 bridgehead atoms. The van der Waals surface area contributed by atoms with Crippen LogP contribution in [0.2, 0.25) is 5.15 Å². The summed E-state index contributed by atoms with van der Waals surface area (Å²) >= 11 is 5.92. The Bertz CT molecular complexity index is 547. The molecule has 3 rings (SSSR count). The number of hydrogen-bond donors (Lipinski definition) is 1. The predicted octanol–water partition coefficient (Wildman–Crippen LogP) is 1.99. The lowest BCUT2D eigenvalue weighted by atomic mass is 10.2. The Morgan fingerprint density at radius 2 is 2.31 bits per heavy atom. The van der Waals surface area contributed by atoms with Crippen molar-refractivity contribution in [3.63, 3.8) is 0 Å². The molecule has 1 atom stereocenters. The van der Waals surface area contributed by atoms with E-state index in [1.165, 1.54) is 6.33 Å². The molecule has 1 aliphatic rings. The number of anilines is 1. The molecule has 5 nitrogen and oxygen atoms in total. The predicted molar refractivity (Wildman–Crippen MR) is 61.6 cm³/mol. The van der Waals surface area contributed by atoms with Crippen molar-refractivity contribution in [3.05, 3.63) is 17.5 Å². The normalized spacial score (nSPS) is 22.3. The standard InChI is InChI=1S/C10H12ClN5/c1-10(2)4-6(10)14-8-3-7(11)15-9-12-5-13-16(8)9/h3,5-6,14H,4H2,1-2H3. The Morgan fingerprint density at radius 3 is 3.00 bits per heavy atom. The monoisotopic (exact) mass is 237 g/mol. The summed E-state index contributed by atoms with van der Waals surface area (Å²) in [4.78, 5) is 8.10. The Labute approximate surface area is 97.8 Å². The largest absolute Gasteiger partial charge is 0.367 e. The van der Waals surface area contributed by atoms with E-state index in [0.29, 0.717) is 22.4 Å². The van der Waals surface area contributed by atoms with Gasteiger partial charge in [0, 0.05) is 12.1 Å². The highest BCUT2D eigenvalue weighted by atomic mass is 35.5. The van der Waals surface area contributed by atoms with E-state index in [0.717, 1.165) is 12.2 Å². The second-order valence-electron chi connectivity index (χ2n) is 4.83. The number of nitrogens with zero attached hydrogens (tertiary/aromatic N) is 4. The first kappa shape index (κ1) is 9.84. The summed E-state index contributed by atoms with van der Waals surface area (Å²) in [6, 6.07) is 2.25. The molecule has 1 N–H and O–H groups in total. The second kappa shape index (κ2) is 3.07. The lowest BCUT2D eigenvalue weighted by Crippen LogP contribution is -2.12. The highest BCUT2D eigenvalue weighted by molar-refractivity contribution is 6.29. The molecule has 0 saturated heterocycles. The maximum atomic E-state index is 5.92. The third-order valence-corrected chi connectivity index (χ3v) is 3.25. The molecule has 1 fully saturated rings. The highest BCUT2D eigenvalue weighted by Gasteiger charge is 2.46. The third kappa shape index (κ3) is 1.51. The fourth-order valence-corrected chi connectivity index (χ4v) is 1.96. The summed E-state index contributed by atoms with van der Waals surface area (Å²) in [6.07, 6.45) is 2.63. The first-order valence-electron chi connectivity index (χ1n) is 5.19. The van der Waals surface area contributed by atoms with E-state index >= 15 is 0 Å². The van der Waals surface area contributed by atoms with Crippen LogP contribution in [0.15, 0.2) is 12.4 Å². The minimum absolute atomic E-state index is 0.350. The molecule has 0 spiro atoms. The molecule has 1 aliphatic carbocycles. The van der Waals surface area contributed by atoms with Gasteiger partial charge in [0.25, 0.3) is 5.78 Å².